The van der Waals surface area contributed by atoms with Crippen LogP contribution in [0.1, 0.15) is 65.5 Å². The number of aromatic carboxylic acids is 1. The average molecular weight is 607 g/mol. The van der Waals surface area contributed by atoms with Crippen LogP contribution in [0.15, 0.2) is 36.4 Å². The minimum Gasteiger partial charge on any atom is -0.478 e. The van der Waals surface area contributed by atoms with Crippen molar-refractivity contribution in [3.8, 4) is 0 Å². The van der Waals surface area contributed by atoms with E-state index in [2.05, 4.69) is 5.32 Å². The smallest absolute Gasteiger partial charge is 0.416 e. The van der Waals surface area contributed by atoms with Crippen LogP contribution in [0.3, 0.4) is 0 Å². The van der Waals surface area contributed by atoms with Gasteiger partial charge in [-0.3, -0.25) is 14.4 Å². The van der Waals surface area contributed by atoms with Crippen molar-refractivity contribution in [2.75, 3.05) is 31.7 Å². The molecule has 1 atom stereocenters. The molecule has 0 saturated carbocycles. The summed E-state index contributed by atoms with van der Waals surface area (Å²) in [7, 11) is 1.66. The number of carboxylic acid groups (broad SMARTS) is 1. The van der Waals surface area contributed by atoms with E-state index < -0.39 is 57.9 Å². The first-order valence-corrected chi connectivity index (χ1v) is 13.7. The first-order chi connectivity index (χ1) is 19.9. The molecule has 2 aromatic rings. The highest BCUT2D eigenvalue weighted by Crippen LogP contribution is 2.40. The van der Waals surface area contributed by atoms with Gasteiger partial charge in [-0.1, -0.05) is 20.8 Å². The predicted molar refractivity (Wildman–Crippen MR) is 149 cm³/mol. The number of piperidine rings is 1. The number of anilines is 1. The Kier molecular flexibility index (Phi) is 8.24. The summed E-state index contributed by atoms with van der Waals surface area (Å²) in [6.07, 6.45) is -4.30. The van der Waals surface area contributed by atoms with Crippen LogP contribution in [0.5, 0.6) is 0 Å². The van der Waals surface area contributed by atoms with Gasteiger partial charge in [0.15, 0.2) is 0 Å². The number of carbonyl (C=O) groups excluding carboxylic acids is 3. The van der Waals surface area contributed by atoms with Crippen LogP contribution < -0.4 is 10.2 Å². The van der Waals surface area contributed by atoms with Gasteiger partial charge in [-0.2, -0.15) is 13.2 Å². The Hall–Kier alpha value is -4.16. The van der Waals surface area contributed by atoms with Gasteiger partial charge in [0, 0.05) is 25.8 Å². The molecule has 2 aliphatic rings. The first-order valence-electron chi connectivity index (χ1n) is 13.7. The van der Waals surface area contributed by atoms with Crippen molar-refractivity contribution in [3.05, 3.63) is 64.5 Å². The van der Waals surface area contributed by atoms with E-state index in [-0.39, 0.29) is 44.1 Å². The van der Waals surface area contributed by atoms with Gasteiger partial charge in [-0.15, -0.1) is 0 Å². The number of aryl methyl sites for hydroxylation is 1. The van der Waals surface area contributed by atoms with Crippen molar-refractivity contribution in [3.63, 3.8) is 0 Å². The SMILES string of the molecule is Cc1cc(N2CN(C)C(=O)C23CCN(C(=O)C(NC(=O)c2cc(C(F)(F)F)ccc2F)C(C)(C)C)CC3)ccc1C(=O)O. The van der Waals surface area contributed by atoms with Crippen molar-refractivity contribution in [2.45, 2.75) is 58.3 Å². The molecule has 1 unspecified atom stereocenters. The largest absolute Gasteiger partial charge is 0.478 e. The molecule has 0 aromatic heterocycles. The molecule has 1 spiro atoms. The number of alkyl halides is 3. The molecule has 0 radical (unpaired) electrons. The Morgan fingerprint density at radius 3 is 2.16 bits per heavy atom. The molecule has 232 valence electrons. The molecule has 9 nitrogen and oxygen atoms in total. The van der Waals surface area contributed by atoms with Gasteiger partial charge in [0.25, 0.3) is 5.91 Å². The molecule has 4 rings (SSSR count). The minimum atomic E-state index is -4.79. The molecule has 2 N–H and O–H groups in total. The Morgan fingerprint density at radius 2 is 1.63 bits per heavy atom. The number of nitrogens with one attached hydrogen (secondary N) is 1. The Balaban J connectivity index is 1.55. The summed E-state index contributed by atoms with van der Waals surface area (Å²) in [5.41, 5.74) is -2.53. The Labute approximate surface area is 246 Å². The van der Waals surface area contributed by atoms with Crippen molar-refractivity contribution in [1.29, 1.82) is 0 Å². The average Bonchev–Trinajstić information content (AvgIpc) is 3.15. The third-order valence-electron chi connectivity index (χ3n) is 8.20. The van der Waals surface area contributed by atoms with Gasteiger partial charge in [-0.25, -0.2) is 9.18 Å². The molecule has 43 heavy (non-hydrogen) atoms. The normalized spacial score (nSPS) is 17.8. The fourth-order valence-electron chi connectivity index (χ4n) is 5.76. The molecule has 13 heteroatoms. The van der Waals surface area contributed by atoms with Crippen molar-refractivity contribution < 1.29 is 41.8 Å². The number of amides is 3. The molecule has 2 aliphatic heterocycles. The van der Waals surface area contributed by atoms with E-state index in [0.717, 1.165) is 0 Å². The second-order valence-electron chi connectivity index (χ2n) is 12.2. The van der Waals surface area contributed by atoms with E-state index in [9.17, 15) is 41.8 Å². The molecule has 2 saturated heterocycles. The quantitative estimate of drug-likeness (QED) is 0.492. The van der Waals surface area contributed by atoms with E-state index in [0.29, 0.717) is 29.4 Å². The molecular weight excluding hydrogens is 572 g/mol. The van der Waals surface area contributed by atoms with E-state index in [4.69, 9.17) is 0 Å². The van der Waals surface area contributed by atoms with Gasteiger partial charge in [0.1, 0.15) is 17.4 Å². The van der Waals surface area contributed by atoms with Gasteiger partial charge in [-0.05, 0) is 67.1 Å². The molecule has 3 amide bonds. The molecular formula is C30H34F4N4O5. The highest BCUT2D eigenvalue weighted by Gasteiger charge is 2.54. The fraction of sp³-hybridized carbons (Fsp3) is 0.467. The maximum atomic E-state index is 14.4. The van der Waals surface area contributed by atoms with Crippen LogP contribution in [0, 0.1) is 18.2 Å². The number of hydrogen-bond donors (Lipinski definition) is 2. The van der Waals surface area contributed by atoms with Crippen LogP contribution >= 0.6 is 0 Å². The summed E-state index contributed by atoms with van der Waals surface area (Å²) < 4.78 is 54.0. The summed E-state index contributed by atoms with van der Waals surface area (Å²) >= 11 is 0. The number of likely N-dealkylation sites (tertiary alicyclic amines) is 1. The van der Waals surface area contributed by atoms with E-state index in [1.54, 1.807) is 51.8 Å². The number of carbonyl (C=O) groups is 4. The lowest BCUT2D eigenvalue weighted by atomic mass is 9.82. The van der Waals surface area contributed by atoms with Crippen molar-refractivity contribution in [1.82, 2.24) is 15.1 Å². The van der Waals surface area contributed by atoms with Crippen LogP contribution in [-0.2, 0) is 15.8 Å². The topological polar surface area (TPSA) is 110 Å². The third kappa shape index (κ3) is 6.02. The van der Waals surface area contributed by atoms with Crippen LogP contribution in [0.4, 0.5) is 23.2 Å². The molecule has 2 aromatic carbocycles. The van der Waals surface area contributed by atoms with E-state index in [1.165, 1.54) is 11.0 Å². The predicted octanol–water partition coefficient (Wildman–Crippen LogP) is 4.29. The van der Waals surface area contributed by atoms with Crippen molar-refractivity contribution >= 4 is 29.4 Å². The maximum absolute atomic E-state index is 14.4. The summed E-state index contributed by atoms with van der Waals surface area (Å²) in [6, 6.07) is 5.18. The maximum Gasteiger partial charge on any atom is 0.416 e. The number of hydrogen-bond acceptors (Lipinski definition) is 5. The summed E-state index contributed by atoms with van der Waals surface area (Å²) in [4.78, 5) is 56.6. The van der Waals surface area contributed by atoms with Crippen LogP contribution in [0.25, 0.3) is 0 Å². The number of likely N-dealkylation sites (N-methyl/N-ethyl adjacent to an activating group) is 1. The van der Waals surface area contributed by atoms with Gasteiger partial charge < -0.3 is 25.1 Å². The Morgan fingerprint density at radius 1 is 1.00 bits per heavy atom. The number of rotatable bonds is 5. The summed E-state index contributed by atoms with van der Waals surface area (Å²) in [6.45, 7) is 7.23. The van der Waals surface area contributed by atoms with E-state index in [1.807, 2.05) is 4.90 Å². The van der Waals surface area contributed by atoms with E-state index >= 15 is 0 Å². The van der Waals surface area contributed by atoms with Gasteiger partial charge >= 0.3 is 12.1 Å². The summed E-state index contributed by atoms with van der Waals surface area (Å²) in [5.74, 6) is -4.00. The van der Waals surface area contributed by atoms with Gasteiger partial charge in [0.05, 0.1) is 23.4 Å². The fourth-order valence-corrected chi connectivity index (χ4v) is 5.76. The zero-order valence-corrected chi connectivity index (χ0v) is 24.5. The zero-order valence-electron chi connectivity index (χ0n) is 24.5. The van der Waals surface area contributed by atoms with Gasteiger partial charge in [0.2, 0.25) is 11.8 Å². The highest BCUT2D eigenvalue weighted by molar-refractivity contribution is 5.99. The lowest BCUT2D eigenvalue weighted by Crippen LogP contribution is -2.61. The monoisotopic (exact) mass is 606 g/mol. The van der Waals surface area contributed by atoms with Crippen LogP contribution in [-0.4, -0.2) is 77.0 Å². The third-order valence-corrected chi connectivity index (χ3v) is 8.20. The highest BCUT2D eigenvalue weighted by atomic mass is 19.4. The lowest BCUT2D eigenvalue weighted by molar-refractivity contribution is -0.140. The summed E-state index contributed by atoms with van der Waals surface area (Å²) in [5, 5.41) is 11.9. The first kappa shape index (κ1) is 31.8. The molecule has 2 heterocycles. The van der Waals surface area contributed by atoms with Crippen molar-refractivity contribution in [2.24, 2.45) is 5.41 Å². The molecule has 0 aliphatic carbocycles. The molecule has 2 fully saturated rings. The number of carboxylic acids is 1. The van der Waals surface area contributed by atoms with Crippen LogP contribution in [0.2, 0.25) is 0 Å². The molecule has 0 bridgehead atoms. The lowest BCUT2D eigenvalue weighted by Gasteiger charge is -2.45. The zero-order chi connectivity index (χ0) is 32.1. The second-order valence-corrected chi connectivity index (χ2v) is 12.2. The second kappa shape index (κ2) is 11.2. The minimum absolute atomic E-state index is 0.139. The Bertz CT molecular complexity index is 1460. The number of benzene rings is 2. The standard InChI is InChI=1S/C30H34F4N4O5/c1-17-14-19(7-8-20(17)26(41)42)38-16-36(5)27(43)29(38)10-12-37(13-11-29)25(40)23(28(2,3)4)35-24(39)21-15-18(30(32,33)34)6-9-22(21)31/h6-9,14-15,23H,10-13,16H2,1-5H3,(H,35,39)(H,41,42). The number of halogens is 4. The number of nitrogens with zero attached hydrogens (tertiary/aromatic N) is 3.